The number of nitrogens with zero attached hydrogens (tertiary/aromatic N) is 2. The molecule has 5 heteroatoms. The summed E-state index contributed by atoms with van der Waals surface area (Å²) >= 11 is 0. The number of benzene rings is 1. The number of hydrogen-bond donors (Lipinski definition) is 1. The van der Waals surface area contributed by atoms with E-state index in [1.807, 2.05) is 36.7 Å². The van der Waals surface area contributed by atoms with Gasteiger partial charge in [-0.05, 0) is 56.6 Å². The minimum Gasteiger partial charge on any atom is -0.461 e. The second-order valence-electron chi connectivity index (χ2n) is 8.15. The van der Waals surface area contributed by atoms with Crippen molar-refractivity contribution in [2.24, 2.45) is 17.6 Å². The number of hydrogen-bond acceptors (Lipinski definition) is 4. The Hall–Kier alpha value is -2.14. The monoisotopic (exact) mass is 383 g/mol. The Morgan fingerprint density at radius 1 is 1.25 bits per heavy atom. The van der Waals surface area contributed by atoms with Crippen LogP contribution in [0.15, 0.2) is 42.9 Å². The molecule has 1 aromatic heterocycles. The van der Waals surface area contributed by atoms with Gasteiger partial charge < -0.3 is 15.0 Å². The molecule has 1 heterocycles. The van der Waals surface area contributed by atoms with Crippen molar-refractivity contribution < 1.29 is 9.53 Å². The van der Waals surface area contributed by atoms with Crippen molar-refractivity contribution in [2.75, 3.05) is 6.54 Å². The van der Waals surface area contributed by atoms with E-state index in [1.165, 1.54) is 25.7 Å². The molecule has 1 saturated carbocycles. The van der Waals surface area contributed by atoms with E-state index < -0.39 is 0 Å². The van der Waals surface area contributed by atoms with Crippen LogP contribution < -0.4 is 5.73 Å². The maximum atomic E-state index is 12.7. The summed E-state index contributed by atoms with van der Waals surface area (Å²) in [5.74, 6) is 0.486. The SMILES string of the molecule is CC1CCC(n2cnc(CC(CCCN)C(=O)OCc3ccccc3)c2)CC1. The second kappa shape index (κ2) is 10.4. The van der Waals surface area contributed by atoms with Crippen molar-refractivity contribution in [3.05, 3.63) is 54.1 Å². The highest BCUT2D eigenvalue weighted by atomic mass is 16.5. The number of imidazole rings is 1. The van der Waals surface area contributed by atoms with Crippen molar-refractivity contribution in [3.63, 3.8) is 0 Å². The summed E-state index contributed by atoms with van der Waals surface area (Å²) in [6.45, 7) is 3.23. The Labute approximate surface area is 168 Å². The molecule has 0 amide bonds. The van der Waals surface area contributed by atoms with Crippen molar-refractivity contribution in [1.29, 1.82) is 0 Å². The molecule has 1 aliphatic carbocycles. The van der Waals surface area contributed by atoms with Gasteiger partial charge in [-0.1, -0.05) is 37.3 Å². The third kappa shape index (κ3) is 5.93. The molecule has 3 rings (SSSR count). The van der Waals surface area contributed by atoms with Crippen LogP contribution in [0.3, 0.4) is 0 Å². The predicted octanol–water partition coefficient (Wildman–Crippen LogP) is 4.28. The zero-order chi connectivity index (χ0) is 19.8. The average Bonchev–Trinajstić information content (AvgIpc) is 3.19. The lowest BCUT2D eigenvalue weighted by Crippen LogP contribution is -2.21. The quantitative estimate of drug-likeness (QED) is 0.656. The number of carbonyl (C=O) groups excluding carboxylic acids is 1. The first-order valence-electron chi connectivity index (χ1n) is 10.6. The smallest absolute Gasteiger partial charge is 0.309 e. The first-order chi connectivity index (χ1) is 13.7. The highest BCUT2D eigenvalue weighted by Gasteiger charge is 2.23. The van der Waals surface area contributed by atoms with Crippen molar-refractivity contribution >= 4 is 5.97 Å². The van der Waals surface area contributed by atoms with E-state index >= 15 is 0 Å². The molecule has 28 heavy (non-hydrogen) atoms. The van der Waals surface area contributed by atoms with Gasteiger partial charge in [-0.15, -0.1) is 0 Å². The normalized spacial score (nSPS) is 20.6. The molecular weight excluding hydrogens is 350 g/mol. The average molecular weight is 384 g/mol. The molecular formula is C23H33N3O2. The second-order valence-corrected chi connectivity index (χ2v) is 8.15. The lowest BCUT2D eigenvalue weighted by Gasteiger charge is -2.26. The zero-order valence-electron chi connectivity index (χ0n) is 16.9. The standard InChI is InChI=1S/C23H33N3O2/c1-18-9-11-22(12-10-18)26-15-21(25-17-26)14-20(8-5-13-24)23(27)28-16-19-6-3-2-4-7-19/h2-4,6-7,15,17-18,20,22H,5,8-14,16,24H2,1H3. The summed E-state index contributed by atoms with van der Waals surface area (Å²) < 4.78 is 7.83. The molecule has 5 nitrogen and oxygen atoms in total. The molecule has 152 valence electrons. The maximum Gasteiger partial charge on any atom is 0.309 e. The fourth-order valence-electron chi connectivity index (χ4n) is 3.99. The molecule has 2 N–H and O–H groups in total. The molecule has 1 aromatic carbocycles. The fourth-order valence-corrected chi connectivity index (χ4v) is 3.99. The van der Waals surface area contributed by atoms with Crippen LogP contribution in [0.4, 0.5) is 0 Å². The maximum absolute atomic E-state index is 12.7. The summed E-state index contributed by atoms with van der Waals surface area (Å²) in [5, 5.41) is 0. The van der Waals surface area contributed by atoms with Crippen LogP contribution in [-0.2, 0) is 22.6 Å². The van der Waals surface area contributed by atoms with Crippen molar-refractivity contribution in [3.8, 4) is 0 Å². The van der Waals surface area contributed by atoms with E-state index in [-0.39, 0.29) is 11.9 Å². The molecule has 0 saturated heterocycles. The summed E-state index contributed by atoms with van der Waals surface area (Å²) in [6.07, 6.45) is 11.2. The van der Waals surface area contributed by atoms with E-state index in [9.17, 15) is 4.79 Å². The Morgan fingerprint density at radius 2 is 2.00 bits per heavy atom. The topological polar surface area (TPSA) is 70.1 Å². The molecule has 1 aliphatic rings. The van der Waals surface area contributed by atoms with Gasteiger partial charge >= 0.3 is 5.97 Å². The van der Waals surface area contributed by atoms with Gasteiger partial charge in [0.2, 0.25) is 0 Å². The number of carbonyl (C=O) groups is 1. The van der Waals surface area contributed by atoms with Crippen LogP contribution in [0.5, 0.6) is 0 Å². The van der Waals surface area contributed by atoms with Gasteiger partial charge in [0.15, 0.2) is 0 Å². The Balaban J connectivity index is 1.58. The van der Waals surface area contributed by atoms with E-state index in [2.05, 4.69) is 22.7 Å². The van der Waals surface area contributed by atoms with E-state index in [0.29, 0.717) is 25.6 Å². The van der Waals surface area contributed by atoms with Gasteiger partial charge in [0, 0.05) is 18.7 Å². The number of ether oxygens (including phenoxy) is 1. The molecule has 0 bridgehead atoms. The molecule has 0 aliphatic heterocycles. The minimum absolute atomic E-state index is 0.154. The van der Waals surface area contributed by atoms with Gasteiger partial charge in [0.05, 0.1) is 17.9 Å². The Morgan fingerprint density at radius 3 is 2.71 bits per heavy atom. The Kier molecular flexibility index (Phi) is 7.66. The van der Waals surface area contributed by atoms with Gasteiger partial charge in [-0.3, -0.25) is 4.79 Å². The van der Waals surface area contributed by atoms with Crippen molar-refractivity contribution in [1.82, 2.24) is 9.55 Å². The largest absolute Gasteiger partial charge is 0.461 e. The van der Waals surface area contributed by atoms with Gasteiger partial charge in [0.25, 0.3) is 0 Å². The summed E-state index contributed by atoms with van der Waals surface area (Å²) in [6, 6.07) is 10.3. The lowest BCUT2D eigenvalue weighted by atomic mass is 9.87. The third-order valence-corrected chi connectivity index (χ3v) is 5.83. The van der Waals surface area contributed by atoms with Gasteiger partial charge in [0.1, 0.15) is 6.61 Å². The van der Waals surface area contributed by atoms with Gasteiger partial charge in [-0.25, -0.2) is 4.98 Å². The molecule has 0 spiro atoms. The number of rotatable bonds is 9. The molecule has 2 aromatic rings. The van der Waals surface area contributed by atoms with E-state index in [4.69, 9.17) is 10.5 Å². The van der Waals surface area contributed by atoms with Crippen molar-refractivity contribution in [2.45, 2.75) is 64.5 Å². The van der Waals surface area contributed by atoms with Crippen LogP contribution in [0.1, 0.15) is 62.7 Å². The highest BCUT2D eigenvalue weighted by molar-refractivity contribution is 5.72. The highest BCUT2D eigenvalue weighted by Crippen LogP contribution is 2.32. The molecule has 0 radical (unpaired) electrons. The van der Waals surface area contributed by atoms with Crippen LogP contribution >= 0.6 is 0 Å². The van der Waals surface area contributed by atoms with E-state index in [0.717, 1.165) is 30.0 Å². The van der Waals surface area contributed by atoms with Crippen LogP contribution in [0, 0.1) is 11.8 Å². The van der Waals surface area contributed by atoms with Crippen LogP contribution in [0.25, 0.3) is 0 Å². The summed E-state index contributed by atoms with van der Waals surface area (Å²) in [5.41, 5.74) is 7.65. The fraction of sp³-hybridized carbons (Fsp3) is 0.565. The van der Waals surface area contributed by atoms with Crippen LogP contribution in [-0.4, -0.2) is 22.1 Å². The van der Waals surface area contributed by atoms with Gasteiger partial charge in [-0.2, -0.15) is 0 Å². The predicted molar refractivity (Wildman–Crippen MR) is 111 cm³/mol. The first-order valence-corrected chi connectivity index (χ1v) is 10.6. The number of nitrogens with two attached hydrogens (primary N) is 1. The number of aromatic nitrogens is 2. The summed E-state index contributed by atoms with van der Waals surface area (Å²) in [4.78, 5) is 17.3. The van der Waals surface area contributed by atoms with Crippen LogP contribution in [0.2, 0.25) is 0 Å². The third-order valence-electron chi connectivity index (χ3n) is 5.83. The lowest BCUT2D eigenvalue weighted by molar-refractivity contribution is -0.150. The molecule has 1 unspecified atom stereocenters. The minimum atomic E-state index is -0.193. The molecule has 1 fully saturated rings. The summed E-state index contributed by atoms with van der Waals surface area (Å²) in [7, 11) is 0. The number of esters is 1. The Bertz CT molecular complexity index is 720. The first kappa shape index (κ1) is 20.6. The molecule has 1 atom stereocenters. The zero-order valence-corrected chi connectivity index (χ0v) is 16.9. The van der Waals surface area contributed by atoms with E-state index in [1.54, 1.807) is 0 Å².